The van der Waals surface area contributed by atoms with Gasteiger partial charge in [-0.25, -0.2) is 8.78 Å². The maximum atomic E-state index is 14.9. The van der Waals surface area contributed by atoms with Gasteiger partial charge in [-0.1, -0.05) is 36.4 Å². The van der Waals surface area contributed by atoms with E-state index >= 15 is 0 Å². The van der Waals surface area contributed by atoms with Crippen molar-refractivity contribution in [2.75, 3.05) is 13.1 Å². The molecule has 2 aromatic rings. The standard InChI is InChI=1S/C20H21F2N/c1-13-4-2-3-5-16(13)19-18-15(12-20(19,21)22)7-6-14-8-10-23-11-9-17(14)18/h2-7,19,23H,8-12H2,1H3. The summed E-state index contributed by atoms with van der Waals surface area (Å²) in [7, 11) is 0. The summed E-state index contributed by atoms with van der Waals surface area (Å²) in [5.74, 6) is -3.50. The lowest BCUT2D eigenvalue weighted by molar-refractivity contribution is -0.00388. The molecule has 1 aliphatic heterocycles. The molecule has 0 aromatic heterocycles. The van der Waals surface area contributed by atoms with Crippen molar-refractivity contribution in [3.8, 4) is 0 Å². The Morgan fingerprint density at radius 1 is 1.00 bits per heavy atom. The van der Waals surface area contributed by atoms with Crippen LogP contribution < -0.4 is 5.32 Å². The van der Waals surface area contributed by atoms with Crippen LogP contribution in [0.15, 0.2) is 36.4 Å². The third-order valence-corrected chi connectivity index (χ3v) is 5.30. The minimum atomic E-state index is -2.71. The maximum Gasteiger partial charge on any atom is 0.262 e. The van der Waals surface area contributed by atoms with E-state index in [1.807, 2.05) is 37.3 Å². The van der Waals surface area contributed by atoms with Crippen LogP contribution in [0.3, 0.4) is 0 Å². The number of rotatable bonds is 1. The number of nitrogens with one attached hydrogen (secondary N) is 1. The zero-order chi connectivity index (χ0) is 16.0. The number of halogens is 2. The van der Waals surface area contributed by atoms with Gasteiger partial charge in [0.2, 0.25) is 0 Å². The lowest BCUT2D eigenvalue weighted by Gasteiger charge is -2.24. The first-order valence-corrected chi connectivity index (χ1v) is 8.35. The van der Waals surface area contributed by atoms with E-state index in [4.69, 9.17) is 0 Å². The van der Waals surface area contributed by atoms with Crippen LogP contribution in [-0.4, -0.2) is 19.0 Å². The van der Waals surface area contributed by atoms with Gasteiger partial charge in [0, 0.05) is 6.42 Å². The summed E-state index contributed by atoms with van der Waals surface area (Å²) in [5.41, 5.74) is 5.88. The Balaban J connectivity index is 1.94. The molecule has 0 radical (unpaired) electrons. The summed E-state index contributed by atoms with van der Waals surface area (Å²) >= 11 is 0. The second-order valence-electron chi connectivity index (χ2n) is 6.75. The molecule has 2 aromatic carbocycles. The molecule has 1 atom stereocenters. The van der Waals surface area contributed by atoms with Gasteiger partial charge in [0.05, 0.1) is 5.92 Å². The molecule has 2 aliphatic rings. The predicted molar refractivity (Wildman–Crippen MR) is 88.4 cm³/mol. The third kappa shape index (κ3) is 2.38. The first-order valence-electron chi connectivity index (χ1n) is 8.35. The Labute approximate surface area is 135 Å². The van der Waals surface area contributed by atoms with E-state index in [9.17, 15) is 8.78 Å². The van der Waals surface area contributed by atoms with Crippen LogP contribution in [0, 0.1) is 6.92 Å². The molecule has 0 saturated carbocycles. The van der Waals surface area contributed by atoms with E-state index in [0.29, 0.717) is 0 Å². The quantitative estimate of drug-likeness (QED) is 0.839. The fourth-order valence-corrected chi connectivity index (χ4v) is 4.22. The molecule has 0 amide bonds. The fraction of sp³-hybridized carbons (Fsp3) is 0.400. The average Bonchev–Trinajstić information content (AvgIpc) is 2.67. The smallest absolute Gasteiger partial charge is 0.262 e. The maximum absolute atomic E-state index is 14.9. The van der Waals surface area contributed by atoms with E-state index < -0.39 is 11.8 Å². The summed E-state index contributed by atoms with van der Waals surface area (Å²) in [6.45, 7) is 3.74. The van der Waals surface area contributed by atoms with E-state index in [1.165, 1.54) is 5.56 Å². The summed E-state index contributed by atoms with van der Waals surface area (Å²) in [6.07, 6.45) is 1.63. The number of fused-ring (bicyclic) bond motifs is 3. The molecule has 0 spiro atoms. The Hall–Kier alpha value is -1.74. The monoisotopic (exact) mass is 313 g/mol. The number of benzene rings is 2. The van der Waals surface area contributed by atoms with Gasteiger partial charge in [-0.15, -0.1) is 0 Å². The second-order valence-corrected chi connectivity index (χ2v) is 6.75. The number of hydrogen-bond donors (Lipinski definition) is 1. The molecule has 0 bridgehead atoms. The van der Waals surface area contributed by atoms with Crippen LogP contribution >= 0.6 is 0 Å². The molecule has 0 saturated heterocycles. The third-order valence-electron chi connectivity index (χ3n) is 5.30. The highest BCUT2D eigenvalue weighted by atomic mass is 19.3. The van der Waals surface area contributed by atoms with E-state index in [1.54, 1.807) is 0 Å². The van der Waals surface area contributed by atoms with Crippen molar-refractivity contribution in [3.05, 3.63) is 69.8 Å². The van der Waals surface area contributed by atoms with Crippen LogP contribution in [0.2, 0.25) is 0 Å². The molecule has 1 unspecified atom stereocenters. The Bertz CT molecular complexity index is 751. The summed E-state index contributed by atoms with van der Waals surface area (Å²) in [5, 5.41) is 3.38. The van der Waals surface area contributed by atoms with Gasteiger partial charge >= 0.3 is 0 Å². The Morgan fingerprint density at radius 3 is 2.57 bits per heavy atom. The average molecular weight is 313 g/mol. The van der Waals surface area contributed by atoms with Crippen molar-refractivity contribution in [1.82, 2.24) is 5.32 Å². The van der Waals surface area contributed by atoms with Crippen LogP contribution in [0.25, 0.3) is 0 Å². The Kier molecular flexibility index (Phi) is 3.49. The second kappa shape index (κ2) is 5.41. The zero-order valence-electron chi connectivity index (χ0n) is 13.3. The van der Waals surface area contributed by atoms with E-state index in [-0.39, 0.29) is 6.42 Å². The van der Waals surface area contributed by atoms with Crippen LogP contribution in [0.4, 0.5) is 8.78 Å². The summed E-state index contributed by atoms with van der Waals surface area (Å²) in [6, 6.07) is 11.6. The molecule has 1 nitrogen and oxygen atoms in total. The zero-order valence-corrected chi connectivity index (χ0v) is 13.3. The minimum Gasteiger partial charge on any atom is -0.316 e. The van der Waals surface area contributed by atoms with Crippen molar-refractivity contribution in [1.29, 1.82) is 0 Å². The van der Waals surface area contributed by atoms with Crippen molar-refractivity contribution >= 4 is 0 Å². The first-order chi connectivity index (χ1) is 11.1. The normalized spacial score (nSPS) is 22.3. The van der Waals surface area contributed by atoms with Gasteiger partial charge < -0.3 is 5.32 Å². The molecule has 23 heavy (non-hydrogen) atoms. The summed E-state index contributed by atoms with van der Waals surface area (Å²) < 4.78 is 29.8. The molecule has 0 fully saturated rings. The van der Waals surface area contributed by atoms with Crippen LogP contribution in [0.1, 0.15) is 39.3 Å². The van der Waals surface area contributed by atoms with Gasteiger partial charge in [0.25, 0.3) is 5.92 Å². The van der Waals surface area contributed by atoms with Crippen molar-refractivity contribution in [2.45, 2.75) is 38.0 Å². The molecule has 1 aliphatic carbocycles. The first kappa shape index (κ1) is 14.8. The van der Waals surface area contributed by atoms with Gasteiger partial charge in [-0.2, -0.15) is 0 Å². The SMILES string of the molecule is Cc1ccccc1C1c2c(ccc3c2CCNCC3)CC1(F)F. The molecular weight excluding hydrogens is 292 g/mol. The van der Waals surface area contributed by atoms with Crippen LogP contribution in [0.5, 0.6) is 0 Å². The van der Waals surface area contributed by atoms with Gasteiger partial charge in [-0.05, 0) is 66.2 Å². The lowest BCUT2D eigenvalue weighted by Crippen LogP contribution is -2.24. The topological polar surface area (TPSA) is 12.0 Å². The van der Waals surface area contributed by atoms with Crippen molar-refractivity contribution in [2.24, 2.45) is 0 Å². The predicted octanol–water partition coefficient (Wildman–Crippen LogP) is 4.01. The highest BCUT2D eigenvalue weighted by molar-refractivity contribution is 5.54. The van der Waals surface area contributed by atoms with Crippen molar-refractivity contribution < 1.29 is 8.78 Å². The molecule has 120 valence electrons. The highest BCUT2D eigenvalue weighted by Gasteiger charge is 2.49. The van der Waals surface area contributed by atoms with Gasteiger partial charge in [-0.3, -0.25) is 0 Å². The fourth-order valence-electron chi connectivity index (χ4n) is 4.22. The van der Waals surface area contributed by atoms with E-state index in [2.05, 4.69) is 11.4 Å². The lowest BCUT2D eigenvalue weighted by atomic mass is 9.83. The van der Waals surface area contributed by atoms with Crippen LogP contribution in [-0.2, 0) is 19.3 Å². The van der Waals surface area contributed by atoms with Gasteiger partial charge in [0.15, 0.2) is 0 Å². The Morgan fingerprint density at radius 2 is 1.74 bits per heavy atom. The molecule has 4 rings (SSSR count). The molecule has 3 heteroatoms. The highest BCUT2D eigenvalue weighted by Crippen LogP contribution is 2.51. The minimum absolute atomic E-state index is 0.137. The molecular formula is C20H21F2N. The van der Waals surface area contributed by atoms with E-state index in [0.717, 1.165) is 53.7 Å². The number of hydrogen-bond acceptors (Lipinski definition) is 1. The number of alkyl halides is 2. The summed E-state index contributed by atoms with van der Waals surface area (Å²) in [4.78, 5) is 0. The molecule has 1 heterocycles. The number of aryl methyl sites for hydroxylation is 1. The van der Waals surface area contributed by atoms with Crippen molar-refractivity contribution in [3.63, 3.8) is 0 Å². The van der Waals surface area contributed by atoms with Gasteiger partial charge in [0.1, 0.15) is 0 Å². The largest absolute Gasteiger partial charge is 0.316 e. The molecule has 1 N–H and O–H groups in total.